The van der Waals surface area contributed by atoms with Crippen molar-refractivity contribution in [2.24, 2.45) is 5.73 Å². The zero-order valence-corrected chi connectivity index (χ0v) is 10.8. The van der Waals surface area contributed by atoms with Crippen molar-refractivity contribution in [2.45, 2.75) is 25.8 Å². The van der Waals surface area contributed by atoms with Gasteiger partial charge in [0.05, 0.1) is 18.2 Å². The Kier molecular flexibility index (Phi) is 4.04. The summed E-state index contributed by atoms with van der Waals surface area (Å²) in [5.41, 5.74) is 7.30. The molecule has 0 spiro atoms. The molecule has 0 saturated heterocycles. The van der Waals surface area contributed by atoms with Crippen LogP contribution in [0.25, 0.3) is 0 Å². The third-order valence-corrected chi connectivity index (χ3v) is 3.13. The SMILES string of the molecule is CCOC(=O)C1=C(N)N[C@@H](c2ccc(F)cc2)CC1. The standard InChI is InChI=1S/C14H17FN2O2/c1-2-19-14(18)11-7-8-12(17-13(11)16)9-3-5-10(15)6-4-9/h3-6,12,17H,2,7-8,16H2,1H3/t12-/m1/s1. The minimum atomic E-state index is -0.370. The molecule has 1 aromatic carbocycles. The first-order chi connectivity index (χ1) is 9.11. The van der Waals surface area contributed by atoms with E-state index in [0.717, 1.165) is 12.0 Å². The molecule has 19 heavy (non-hydrogen) atoms. The van der Waals surface area contributed by atoms with Crippen LogP contribution in [0.1, 0.15) is 31.4 Å². The Morgan fingerprint density at radius 2 is 2.16 bits per heavy atom. The van der Waals surface area contributed by atoms with Gasteiger partial charge < -0.3 is 15.8 Å². The first-order valence-electron chi connectivity index (χ1n) is 6.29. The van der Waals surface area contributed by atoms with E-state index in [9.17, 15) is 9.18 Å². The van der Waals surface area contributed by atoms with Crippen LogP contribution in [0.3, 0.4) is 0 Å². The Bertz CT molecular complexity index is 497. The number of ether oxygens (including phenoxy) is 1. The lowest BCUT2D eigenvalue weighted by atomic mass is 9.95. The molecule has 1 aromatic rings. The zero-order chi connectivity index (χ0) is 13.8. The highest BCUT2D eigenvalue weighted by molar-refractivity contribution is 5.89. The molecule has 1 heterocycles. The molecule has 0 aliphatic carbocycles. The lowest BCUT2D eigenvalue weighted by molar-refractivity contribution is -0.138. The first kappa shape index (κ1) is 13.4. The van der Waals surface area contributed by atoms with E-state index < -0.39 is 0 Å². The molecule has 0 bridgehead atoms. The van der Waals surface area contributed by atoms with Gasteiger partial charge in [-0.05, 0) is 37.5 Å². The molecule has 3 N–H and O–H groups in total. The van der Waals surface area contributed by atoms with Crippen molar-refractivity contribution in [1.29, 1.82) is 0 Å². The van der Waals surface area contributed by atoms with Crippen LogP contribution < -0.4 is 11.1 Å². The largest absolute Gasteiger partial charge is 0.463 e. The second-order valence-electron chi connectivity index (χ2n) is 4.40. The van der Waals surface area contributed by atoms with E-state index in [1.807, 2.05) is 0 Å². The van der Waals surface area contributed by atoms with Gasteiger partial charge in [-0.3, -0.25) is 0 Å². The van der Waals surface area contributed by atoms with Crippen LogP contribution in [0.4, 0.5) is 4.39 Å². The number of rotatable bonds is 3. The molecule has 0 amide bonds. The number of benzene rings is 1. The van der Waals surface area contributed by atoms with Crippen LogP contribution in [0.5, 0.6) is 0 Å². The zero-order valence-electron chi connectivity index (χ0n) is 10.8. The van der Waals surface area contributed by atoms with Crippen LogP contribution in [-0.4, -0.2) is 12.6 Å². The summed E-state index contributed by atoms with van der Waals surface area (Å²) < 4.78 is 17.8. The van der Waals surface area contributed by atoms with Gasteiger partial charge in [0, 0.05) is 0 Å². The predicted octanol–water partition coefficient (Wildman–Crippen LogP) is 1.98. The normalized spacial score (nSPS) is 18.9. The maximum absolute atomic E-state index is 12.9. The summed E-state index contributed by atoms with van der Waals surface area (Å²) in [7, 11) is 0. The lowest BCUT2D eigenvalue weighted by Gasteiger charge is -2.27. The number of hydrogen-bond donors (Lipinski definition) is 2. The minimum absolute atomic E-state index is 0.00113. The third kappa shape index (κ3) is 3.05. The van der Waals surface area contributed by atoms with Crippen molar-refractivity contribution in [3.8, 4) is 0 Å². The molecule has 0 radical (unpaired) electrons. The quantitative estimate of drug-likeness (QED) is 0.819. The smallest absolute Gasteiger partial charge is 0.337 e. The van der Waals surface area contributed by atoms with E-state index in [0.29, 0.717) is 24.4 Å². The maximum Gasteiger partial charge on any atom is 0.337 e. The number of nitrogens with two attached hydrogens (primary N) is 1. The van der Waals surface area contributed by atoms with Gasteiger partial charge in [0.15, 0.2) is 0 Å². The summed E-state index contributed by atoms with van der Waals surface area (Å²) >= 11 is 0. The van der Waals surface area contributed by atoms with E-state index in [-0.39, 0.29) is 17.8 Å². The van der Waals surface area contributed by atoms with Crippen molar-refractivity contribution in [1.82, 2.24) is 5.32 Å². The summed E-state index contributed by atoms with van der Waals surface area (Å²) in [5, 5.41) is 3.08. The van der Waals surface area contributed by atoms with Crippen molar-refractivity contribution < 1.29 is 13.9 Å². The van der Waals surface area contributed by atoms with Crippen molar-refractivity contribution in [2.75, 3.05) is 6.61 Å². The molecular formula is C14H17FN2O2. The number of carbonyl (C=O) groups is 1. The Morgan fingerprint density at radius 1 is 1.47 bits per heavy atom. The average Bonchev–Trinajstić information content (AvgIpc) is 2.39. The lowest BCUT2D eigenvalue weighted by Crippen LogP contribution is -2.33. The van der Waals surface area contributed by atoms with Crippen LogP contribution in [-0.2, 0) is 9.53 Å². The fraction of sp³-hybridized carbons (Fsp3) is 0.357. The van der Waals surface area contributed by atoms with Crippen LogP contribution in [0.15, 0.2) is 35.7 Å². The van der Waals surface area contributed by atoms with Gasteiger partial charge in [-0.15, -0.1) is 0 Å². The Hall–Kier alpha value is -2.04. The molecular weight excluding hydrogens is 247 g/mol. The molecule has 0 aromatic heterocycles. The van der Waals surface area contributed by atoms with Crippen LogP contribution in [0, 0.1) is 5.82 Å². The highest BCUT2D eigenvalue weighted by Crippen LogP contribution is 2.27. The molecule has 0 saturated carbocycles. The van der Waals surface area contributed by atoms with Gasteiger partial charge in [0.25, 0.3) is 0 Å². The molecule has 0 unspecified atom stereocenters. The van der Waals surface area contributed by atoms with E-state index in [1.165, 1.54) is 12.1 Å². The molecule has 0 fully saturated rings. The maximum atomic E-state index is 12.9. The number of nitrogens with one attached hydrogen (secondary N) is 1. The molecule has 1 aliphatic heterocycles. The van der Waals surface area contributed by atoms with Crippen molar-refractivity contribution in [3.63, 3.8) is 0 Å². The van der Waals surface area contributed by atoms with Gasteiger partial charge in [0.1, 0.15) is 11.6 Å². The number of carbonyl (C=O) groups excluding carboxylic acids is 1. The molecule has 5 heteroatoms. The molecule has 1 aliphatic rings. The summed E-state index contributed by atoms with van der Waals surface area (Å²) in [6, 6.07) is 6.26. The van der Waals surface area contributed by atoms with E-state index >= 15 is 0 Å². The highest BCUT2D eigenvalue weighted by Gasteiger charge is 2.24. The number of hydrogen-bond acceptors (Lipinski definition) is 4. The fourth-order valence-corrected chi connectivity index (χ4v) is 2.15. The number of halogens is 1. The second-order valence-corrected chi connectivity index (χ2v) is 4.40. The average molecular weight is 264 g/mol. The van der Waals surface area contributed by atoms with Crippen LogP contribution in [0.2, 0.25) is 0 Å². The van der Waals surface area contributed by atoms with Gasteiger partial charge in [-0.25, -0.2) is 9.18 Å². The third-order valence-electron chi connectivity index (χ3n) is 3.13. The Balaban J connectivity index is 2.11. The van der Waals surface area contributed by atoms with E-state index in [2.05, 4.69) is 5.32 Å². The van der Waals surface area contributed by atoms with Gasteiger partial charge in [-0.2, -0.15) is 0 Å². The monoisotopic (exact) mass is 264 g/mol. The van der Waals surface area contributed by atoms with E-state index in [1.54, 1.807) is 19.1 Å². The van der Waals surface area contributed by atoms with Crippen molar-refractivity contribution in [3.05, 3.63) is 47.0 Å². The van der Waals surface area contributed by atoms with Gasteiger partial charge in [0.2, 0.25) is 0 Å². The van der Waals surface area contributed by atoms with E-state index in [4.69, 9.17) is 10.5 Å². The first-order valence-corrected chi connectivity index (χ1v) is 6.29. The molecule has 1 atom stereocenters. The number of esters is 1. The summed E-state index contributed by atoms with van der Waals surface area (Å²) in [4.78, 5) is 11.6. The topological polar surface area (TPSA) is 64.3 Å². The second kappa shape index (κ2) is 5.73. The highest BCUT2D eigenvalue weighted by atomic mass is 19.1. The predicted molar refractivity (Wildman–Crippen MR) is 69.4 cm³/mol. The minimum Gasteiger partial charge on any atom is -0.463 e. The Morgan fingerprint density at radius 3 is 2.74 bits per heavy atom. The molecule has 102 valence electrons. The summed E-state index contributed by atoms with van der Waals surface area (Å²) in [6.07, 6.45) is 1.28. The fourth-order valence-electron chi connectivity index (χ4n) is 2.15. The summed E-state index contributed by atoms with van der Waals surface area (Å²) in [5.74, 6) is -0.292. The summed E-state index contributed by atoms with van der Waals surface area (Å²) in [6.45, 7) is 2.09. The van der Waals surface area contributed by atoms with Gasteiger partial charge >= 0.3 is 5.97 Å². The molecule has 2 rings (SSSR count). The van der Waals surface area contributed by atoms with Gasteiger partial charge in [-0.1, -0.05) is 12.1 Å². The Labute approximate surface area is 111 Å². The molecule has 4 nitrogen and oxygen atoms in total. The van der Waals surface area contributed by atoms with Crippen molar-refractivity contribution >= 4 is 5.97 Å². The van der Waals surface area contributed by atoms with Crippen LogP contribution >= 0.6 is 0 Å².